The first kappa shape index (κ1) is 15.4. The molecule has 0 radical (unpaired) electrons. The Bertz CT molecular complexity index is 356. The number of carbonyl (C=O) groups excluding carboxylic acids is 1. The Labute approximate surface area is 115 Å². The number of rotatable bonds is 3. The van der Waals surface area contributed by atoms with E-state index in [2.05, 4.69) is 0 Å². The van der Waals surface area contributed by atoms with Crippen molar-refractivity contribution in [3.63, 3.8) is 0 Å². The lowest BCUT2D eigenvalue weighted by Gasteiger charge is -2.37. The Morgan fingerprint density at radius 3 is 2.30 bits per heavy atom. The predicted molar refractivity (Wildman–Crippen MR) is 66.3 cm³/mol. The summed E-state index contributed by atoms with van der Waals surface area (Å²) in [6, 6.07) is 0.102. The number of aliphatic hydroxyl groups is 1. The SMILES string of the molecule is CN1CCN(C2CCN(CC(O)C(F)(F)F)CC2)C1=O. The van der Waals surface area contributed by atoms with Crippen LogP contribution in [0.4, 0.5) is 18.0 Å². The van der Waals surface area contributed by atoms with Gasteiger partial charge in [-0.2, -0.15) is 13.2 Å². The van der Waals surface area contributed by atoms with Gasteiger partial charge in [0.25, 0.3) is 0 Å². The molecule has 0 spiro atoms. The molecule has 0 aromatic carbocycles. The summed E-state index contributed by atoms with van der Waals surface area (Å²) in [5, 5.41) is 9.05. The van der Waals surface area contributed by atoms with Crippen LogP contribution in [0.25, 0.3) is 0 Å². The van der Waals surface area contributed by atoms with Gasteiger partial charge >= 0.3 is 12.2 Å². The molecule has 1 N–H and O–H groups in total. The average molecular weight is 295 g/mol. The summed E-state index contributed by atoms with van der Waals surface area (Å²) in [4.78, 5) is 16.9. The van der Waals surface area contributed by atoms with E-state index >= 15 is 0 Å². The van der Waals surface area contributed by atoms with Gasteiger partial charge in [-0.05, 0) is 12.8 Å². The van der Waals surface area contributed by atoms with Crippen molar-refractivity contribution in [1.82, 2.24) is 14.7 Å². The standard InChI is InChI=1S/C12H20F3N3O2/c1-16-6-7-18(11(16)20)9-2-4-17(5-3-9)8-10(19)12(13,14)15/h9-10,19H,2-8H2,1H3. The summed E-state index contributed by atoms with van der Waals surface area (Å²) in [6.07, 6.45) is -5.54. The van der Waals surface area contributed by atoms with Crippen molar-refractivity contribution < 1.29 is 23.1 Å². The smallest absolute Gasteiger partial charge is 0.382 e. The number of halogens is 3. The lowest BCUT2D eigenvalue weighted by Crippen LogP contribution is -2.49. The summed E-state index contributed by atoms with van der Waals surface area (Å²) in [5.74, 6) is 0. The number of β-amino-alcohol motifs (C(OH)–C–C–N with tert-alkyl or cyclic N) is 1. The van der Waals surface area contributed by atoms with Crippen LogP contribution in [0.3, 0.4) is 0 Å². The van der Waals surface area contributed by atoms with Crippen molar-refractivity contribution in [2.75, 3.05) is 39.8 Å². The Hall–Kier alpha value is -1.02. The minimum absolute atomic E-state index is 0.00113. The first-order valence-electron chi connectivity index (χ1n) is 6.78. The number of amides is 2. The molecule has 2 amide bonds. The molecule has 2 heterocycles. The predicted octanol–water partition coefficient (Wildman–Crippen LogP) is 0.741. The zero-order valence-electron chi connectivity index (χ0n) is 11.4. The summed E-state index contributed by atoms with van der Waals surface area (Å²) in [5.41, 5.74) is 0. The lowest BCUT2D eigenvalue weighted by molar-refractivity contribution is -0.208. The Morgan fingerprint density at radius 2 is 1.85 bits per heavy atom. The number of piperidine rings is 1. The van der Waals surface area contributed by atoms with Crippen molar-refractivity contribution >= 4 is 6.03 Å². The van der Waals surface area contributed by atoms with Crippen molar-refractivity contribution in [3.05, 3.63) is 0 Å². The minimum Gasteiger partial charge on any atom is -0.382 e. The number of hydrogen-bond acceptors (Lipinski definition) is 3. The van der Waals surface area contributed by atoms with Crippen molar-refractivity contribution in [1.29, 1.82) is 0 Å². The molecule has 2 saturated heterocycles. The molecule has 0 saturated carbocycles. The average Bonchev–Trinajstić information content (AvgIpc) is 2.70. The normalized spacial score (nSPS) is 24.6. The van der Waals surface area contributed by atoms with Gasteiger partial charge in [-0.15, -0.1) is 0 Å². The third-order valence-electron chi connectivity index (χ3n) is 4.06. The minimum atomic E-state index is -4.57. The van der Waals surface area contributed by atoms with Crippen LogP contribution in [0, 0.1) is 0 Å². The van der Waals surface area contributed by atoms with Gasteiger partial charge in [0.1, 0.15) is 0 Å². The van der Waals surface area contributed by atoms with Gasteiger partial charge in [-0.3, -0.25) is 0 Å². The van der Waals surface area contributed by atoms with Crippen LogP contribution in [0.1, 0.15) is 12.8 Å². The molecule has 20 heavy (non-hydrogen) atoms. The highest BCUT2D eigenvalue weighted by atomic mass is 19.4. The number of likely N-dealkylation sites (N-methyl/N-ethyl adjacent to an activating group) is 1. The van der Waals surface area contributed by atoms with Crippen LogP contribution in [0.15, 0.2) is 0 Å². The molecule has 0 bridgehead atoms. The van der Waals surface area contributed by atoms with Crippen LogP contribution in [-0.2, 0) is 0 Å². The Kier molecular flexibility index (Phi) is 4.43. The van der Waals surface area contributed by atoms with E-state index in [1.165, 1.54) is 0 Å². The van der Waals surface area contributed by atoms with E-state index in [1.807, 2.05) is 0 Å². The van der Waals surface area contributed by atoms with E-state index in [0.29, 0.717) is 39.0 Å². The summed E-state index contributed by atoms with van der Waals surface area (Å²) >= 11 is 0. The molecule has 5 nitrogen and oxygen atoms in total. The van der Waals surface area contributed by atoms with Gasteiger partial charge in [0, 0.05) is 45.8 Å². The van der Waals surface area contributed by atoms with Crippen LogP contribution in [0.5, 0.6) is 0 Å². The quantitative estimate of drug-likeness (QED) is 0.835. The largest absolute Gasteiger partial charge is 0.415 e. The number of hydrogen-bond donors (Lipinski definition) is 1. The third kappa shape index (κ3) is 3.35. The van der Waals surface area contributed by atoms with E-state index in [-0.39, 0.29) is 18.6 Å². The molecule has 2 aliphatic rings. The lowest BCUT2D eigenvalue weighted by atomic mass is 10.0. The maximum absolute atomic E-state index is 12.3. The maximum atomic E-state index is 12.3. The molecule has 0 aromatic rings. The summed E-state index contributed by atoms with van der Waals surface area (Å²) in [7, 11) is 1.75. The molecule has 2 rings (SSSR count). The molecule has 0 aliphatic carbocycles. The van der Waals surface area contributed by atoms with Gasteiger partial charge < -0.3 is 19.8 Å². The van der Waals surface area contributed by atoms with Crippen molar-refractivity contribution in [2.45, 2.75) is 31.2 Å². The molecule has 0 aromatic heterocycles. The molecule has 8 heteroatoms. The van der Waals surface area contributed by atoms with Gasteiger partial charge in [0.05, 0.1) is 0 Å². The van der Waals surface area contributed by atoms with E-state index in [9.17, 15) is 18.0 Å². The fraction of sp³-hybridized carbons (Fsp3) is 0.917. The van der Waals surface area contributed by atoms with E-state index in [1.54, 1.807) is 21.7 Å². The van der Waals surface area contributed by atoms with Crippen LogP contribution < -0.4 is 0 Å². The van der Waals surface area contributed by atoms with Gasteiger partial charge in [0.15, 0.2) is 6.10 Å². The zero-order chi connectivity index (χ0) is 14.9. The zero-order valence-corrected chi connectivity index (χ0v) is 11.4. The van der Waals surface area contributed by atoms with Crippen LogP contribution in [-0.4, -0.2) is 83.9 Å². The molecule has 1 unspecified atom stereocenters. The van der Waals surface area contributed by atoms with Crippen molar-refractivity contribution in [2.24, 2.45) is 0 Å². The monoisotopic (exact) mass is 295 g/mol. The highest BCUT2D eigenvalue weighted by Gasteiger charge is 2.40. The molecular weight excluding hydrogens is 275 g/mol. The van der Waals surface area contributed by atoms with Crippen molar-refractivity contribution in [3.8, 4) is 0 Å². The summed E-state index contributed by atoms with van der Waals surface area (Å²) in [6.45, 7) is 1.96. The number of likely N-dealkylation sites (tertiary alicyclic amines) is 1. The second-order valence-electron chi connectivity index (χ2n) is 5.49. The summed E-state index contributed by atoms with van der Waals surface area (Å²) < 4.78 is 36.9. The van der Waals surface area contributed by atoms with Crippen LogP contribution >= 0.6 is 0 Å². The number of alkyl halides is 3. The van der Waals surface area contributed by atoms with Gasteiger partial charge in [-0.25, -0.2) is 4.79 Å². The maximum Gasteiger partial charge on any atom is 0.415 e. The molecular formula is C12H20F3N3O2. The second kappa shape index (κ2) is 5.77. The highest BCUT2D eigenvalue weighted by molar-refractivity contribution is 5.76. The fourth-order valence-electron chi connectivity index (χ4n) is 2.77. The van der Waals surface area contributed by atoms with E-state index in [0.717, 1.165) is 0 Å². The number of aliphatic hydroxyl groups excluding tert-OH is 1. The topological polar surface area (TPSA) is 47.0 Å². The molecule has 1 atom stereocenters. The number of nitrogens with zero attached hydrogens (tertiary/aromatic N) is 3. The molecule has 116 valence electrons. The third-order valence-corrected chi connectivity index (χ3v) is 4.06. The first-order valence-corrected chi connectivity index (χ1v) is 6.78. The Balaban J connectivity index is 1.80. The number of urea groups is 1. The molecule has 2 aliphatic heterocycles. The van der Waals surface area contributed by atoms with E-state index in [4.69, 9.17) is 5.11 Å². The first-order chi connectivity index (χ1) is 9.29. The number of carbonyl (C=O) groups is 1. The van der Waals surface area contributed by atoms with Gasteiger partial charge in [-0.1, -0.05) is 0 Å². The van der Waals surface area contributed by atoms with Gasteiger partial charge in [0.2, 0.25) is 0 Å². The second-order valence-corrected chi connectivity index (χ2v) is 5.49. The molecule has 2 fully saturated rings. The fourth-order valence-corrected chi connectivity index (χ4v) is 2.77. The van der Waals surface area contributed by atoms with Crippen LogP contribution in [0.2, 0.25) is 0 Å². The van der Waals surface area contributed by atoms with E-state index < -0.39 is 12.3 Å². The highest BCUT2D eigenvalue weighted by Crippen LogP contribution is 2.24. The Morgan fingerprint density at radius 1 is 1.25 bits per heavy atom.